The Bertz CT molecular complexity index is 706. The first-order chi connectivity index (χ1) is 13.6. The summed E-state index contributed by atoms with van der Waals surface area (Å²) >= 11 is 0. The fraction of sp³-hybridized carbons (Fsp3) is 0.667. The number of carbonyl (C=O) groups is 2. The van der Waals surface area contributed by atoms with E-state index in [1.54, 1.807) is 6.92 Å². The van der Waals surface area contributed by atoms with E-state index < -0.39 is 17.9 Å². The maximum atomic E-state index is 12.6. The molecular formula is C24H37NO4. The molecule has 5 unspecified atom stereocenters. The van der Waals surface area contributed by atoms with E-state index in [4.69, 9.17) is 9.84 Å². The van der Waals surface area contributed by atoms with Crippen molar-refractivity contribution in [2.24, 2.45) is 11.8 Å². The molecular weight excluding hydrogens is 366 g/mol. The van der Waals surface area contributed by atoms with E-state index in [1.165, 1.54) is 5.56 Å². The Morgan fingerprint density at radius 3 is 2.34 bits per heavy atom. The molecule has 0 spiro atoms. The largest absolute Gasteiger partial charge is 0.481 e. The molecule has 162 valence electrons. The molecule has 0 saturated carbocycles. The molecule has 1 aliphatic heterocycles. The van der Waals surface area contributed by atoms with E-state index in [0.29, 0.717) is 0 Å². The summed E-state index contributed by atoms with van der Waals surface area (Å²) in [5.41, 5.74) is 1.03. The minimum absolute atomic E-state index is 0.117. The van der Waals surface area contributed by atoms with Crippen LogP contribution >= 0.6 is 0 Å². The minimum Gasteiger partial charge on any atom is -0.481 e. The number of hydrogen-bond donors (Lipinski definition) is 1. The van der Waals surface area contributed by atoms with E-state index in [-0.39, 0.29) is 29.5 Å². The lowest BCUT2D eigenvalue weighted by atomic mass is 9.67. The van der Waals surface area contributed by atoms with Crippen molar-refractivity contribution in [1.29, 1.82) is 0 Å². The average Bonchev–Trinajstić information content (AvgIpc) is 2.69. The van der Waals surface area contributed by atoms with Crippen molar-refractivity contribution in [2.75, 3.05) is 0 Å². The minimum atomic E-state index is -0.975. The Hall–Kier alpha value is -1.88. The van der Waals surface area contributed by atoms with Gasteiger partial charge in [0.25, 0.3) is 0 Å². The molecule has 29 heavy (non-hydrogen) atoms. The van der Waals surface area contributed by atoms with Crippen LogP contribution in [0.2, 0.25) is 0 Å². The summed E-state index contributed by atoms with van der Waals surface area (Å²) in [5, 5.41) is 8.99. The Morgan fingerprint density at radius 1 is 1.21 bits per heavy atom. The molecule has 1 aromatic rings. The second kappa shape index (κ2) is 9.29. The van der Waals surface area contributed by atoms with Crippen LogP contribution in [0.25, 0.3) is 0 Å². The van der Waals surface area contributed by atoms with Crippen molar-refractivity contribution in [3.05, 3.63) is 35.9 Å². The Morgan fingerprint density at radius 2 is 1.83 bits per heavy atom. The summed E-state index contributed by atoms with van der Waals surface area (Å²) in [6.07, 6.45) is 2.21. The van der Waals surface area contributed by atoms with Crippen LogP contribution in [-0.2, 0) is 20.9 Å². The normalized spacial score (nSPS) is 31.2. The lowest BCUT2D eigenvalue weighted by Crippen LogP contribution is -2.67. The lowest BCUT2D eigenvalue weighted by molar-refractivity contribution is -0.182. The molecule has 0 bridgehead atoms. The van der Waals surface area contributed by atoms with Crippen molar-refractivity contribution in [3.63, 3.8) is 0 Å². The first-order valence-electron chi connectivity index (χ1n) is 10.8. The van der Waals surface area contributed by atoms with Crippen LogP contribution in [0.15, 0.2) is 30.3 Å². The SMILES string of the molecule is CCC1(C)CC(OC(=O)C(C)CC(=O)O)C(C)C(C)(CC)N1Cc1ccccc1. The lowest BCUT2D eigenvalue weighted by Gasteiger charge is -2.60. The zero-order valence-corrected chi connectivity index (χ0v) is 18.8. The highest BCUT2D eigenvalue weighted by molar-refractivity contribution is 5.78. The van der Waals surface area contributed by atoms with Gasteiger partial charge in [-0.25, -0.2) is 0 Å². The first kappa shape index (κ1) is 23.4. The van der Waals surface area contributed by atoms with E-state index >= 15 is 0 Å². The molecule has 0 aliphatic carbocycles. The number of piperidine rings is 1. The third-order valence-corrected chi connectivity index (χ3v) is 7.26. The fourth-order valence-corrected chi connectivity index (χ4v) is 4.72. The molecule has 0 aromatic heterocycles. The van der Waals surface area contributed by atoms with Crippen LogP contribution in [-0.4, -0.2) is 39.1 Å². The van der Waals surface area contributed by atoms with Crippen molar-refractivity contribution in [2.45, 2.75) is 91.0 Å². The standard InChI is InChI=1S/C24H37NO4/c1-7-23(5)15-20(29-22(28)17(3)14-21(26)27)18(4)24(6,8-2)25(23)16-19-12-10-9-11-13-19/h9-13,17-18,20H,7-8,14-16H2,1-6H3,(H,26,27). The third-order valence-electron chi connectivity index (χ3n) is 7.26. The summed E-state index contributed by atoms with van der Waals surface area (Å²) in [6, 6.07) is 10.5. The molecule has 5 atom stereocenters. The maximum absolute atomic E-state index is 12.6. The van der Waals surface area contributed by atoms with Gasteiger partial charge in [0.05, 0.1) is 12.3 Å². The molecule has 1 saturated heterocycles. The molecule has 1 N–H and O–H groups in total. The average molecular weight is 404 g/mol. The number of benzene rings is 1. The van der Waals surface area contributed by atoms with Gasteiger partial charge in [0, 0.05) is 30.0 Å². The zero-order valence-electron chi connectivity index (χ0n) is 18.8. The van der Waals surface area contributed by atoms with Gasteiger partial charge in [-0.05, 0) is 32.3 Å². The van der Waals surface area contributed by atoms with Crippen LogP contribution in [0.1, 0.15) is 72.8 Å². The van der Waals surface area contributed by atoms with Gasteiger partial charge in [-0.3, -0.25) is 14.5 Å². The van der Waals surface area contributed by atoms with Gasteiger partial charge in [-0.15, -0.1) is 0 Å². The summed E-state index contributed by atoms with van der Waals surface area (Å²) in [6.45, 7) is 13.6. The summed E-state index contributed by atoms with van der Waals surface area (Å²) in [7, 11) is 0. The Balaban J connectivity index is 2.30. The van der Waals surface area contributed by atoms with E-state index in [1.807, 2.05) is 6.07 Å². The van der Waals surface area contributed by atoms with Gasteiger partial charge in [-0.1, -0.05) is 58.0 Å². The molecule has 0 amide bonds. The van der Waals surface area contributed by atoms with Crippen LogP contribution in [0.5, 0.6) is 0 Å². The van der Waals surface area contributed by atoms with Gasteiger partial charge in [0.2, 0.25) is 0 Å². The van der Waals surface area contributed by atoms with Gasteiger partial charge in [-0.2, -0.15) is 0 Å². The second-order valence-corrected chi connectivity index (χ2v) is 9.10. The number of ether oxygens (including phenoxy) is 1. The number of hydrogen-bond acceptors (Lipinski definition) is 4. The summed E-state index contributed by atoms with van der Waals surface area (Å²) in [5.74, 6) is -1.88. The highest BCUT2D eigenvalue weighted by Crippen LogP contribution is 2.47. The number of nitrogens with zero attached hydrogens (tertiary/aromatic N) is 1. The maximum Gasteiger partial charge on any atom is 0.309 e. The highest BCUT2D eigenvalue weighted by Gasteiger charge is 2.53. The van der Waals surface area contributed by atoms with Crippen LogP contribution in [0, 0.1) is 11.8 Å². The van der Waals surface area contributed by atoms with Crippen LogP contribution in [0.3, 0.4) is 0 Å². The predicted octanol–water partition coefficient (Wildman–Crippen LogP) is 4.89. The van der Waals surface area contributed by atoms with Gasteiger partial charge < -0.3 is 9.84 Å². The third kappa shape index (κ3) is 5.00. The number of aliphatic carboxylic acids is 1. The van der Waals surface area contributed by atoms with E-state index in [0.717, 1.165) is 25.8 Å². The van der Waals surface area contributed by atoms with Crippen molar-refractivity contribution in [1.82, 2.24) is 4.90 Å². The molecule has 5 heteroatoms. The number of likely N-dealkylation sites (tertiary alicyclic amines) is 1. The number of rotatable bonds is 8. The van der Waals surface area contributed by atoms with Crippen LogP contribution in [0.4, 0.5) is 0 Å². The Kier molecular flexibility index (Phi) is 7.50. The number of carbonyl (C=O) groups excluding carboxylic acids is 1. The predicted molar refractivity (Wildman–Crippen MR) is 114 cm³/mol. The second-order valence-electron chi connectivity index (χ2n) is 9.10. The molecule has 1 aliphatic rings. The van der Waals surface area contributed by atoms with Gasteiger partial charge in [0.1, 0.15) is 6.10 Å². The van der Waals surface area contributed by atoms with E-state index in [2.05, 4.69) is 63.8 Å². The molecule has 0 radical (unpaired) electrons. The number of esters is 1. The van der Waals surface area contributed by atoms with E-state index in [9.17, 15) is 9.59 Å². The van der Waals surface area contributed by atoms with Crippen molar-refractivity contribution < 1.29 is 19.4 Å². The molecule has 5 nitrogen and oxygen atoms in total. The van der Waals surface area contributed by atoms with Gasteiger partial charge >= 0.3 is 11.9 Å². The summed E-state index contributed by atoms with van der Waals surface area (Å²) in [4.78, 5) is 26.1. The fourth-order valence-electron chi connectivity index (χ4n) is 4.72. The first-order valence-corrected chi connectivity index (χ1v) is 10.8. The topological polar surface area (TPSA) is 66.8 Å². The molecule has 1 fully saturated rings. The summed E-state index contributed by atoms with van der Waals surface area (Å²) < 4.78 is 5.93. The van der Waals surface area contributed by atoms with Crippen molar-refractivity contribution >= 4 is 11.9 Å². The smallest absolute Gasteiger partial charge is 0.309 e. The Labute approximate surface area is 175 Å². The highest BCUT2D eigenvalue weighted by atomic mass is 16.5. The van der Waals surface area contributed by atoms with Crippen LogP contribution < -0.4 is 0 Å². The molecule has 1 aromatic carbocycles. The quantitative estimate of drug-likeness (QED) is 0.626. The molecule has 1 heterocycles. The number of carboxylic acids is 1. The number of carboxylic acid groups (broad SMARTS) is 1. The van der Waals surface area contributed by atoms with Crippen molar-refractivity contribution in [3.8, 4) is 0 Å². The molecule has 2 rings (SSSR count). The zero-order chi connectivity index (χ0) is 21.8. The monoisotopic (exact) mass is 403 g/mol. The van der Waals surface area contributed by atoms with Gasteiger partial charge in [0.15, 0.2) is 0 Å².